The van der Waals surface area contributed by atoms with E-state index in [0.29, 0.717) is 15.4 Å². The van der Waals surface area contributed by atoms with Gasteiger partial charge in [0.2, 0.25) is 0 Å². The Labute approximate surface area is 109 Å². The maximum absolute atomic E-state index is 10.8. The lowest BCUT2D eigenvalue weighted by atomic mass is 10.1. The minimum Gasteiger partial charge on any atom is -0.481 e. The summed E-state index contributed by atoms with van der Waals surface area (Å²) >= 11 is 6.41. The molecule has 0 spiro atoms. The van der Waals surface area contributed by atoms with Crippen LogP contribution in [0.3, 0.4) is 0 Å². The molecule has 0 aromatic heterocycles. The van der Waals surface area contributed by atoms with Gasteiger partial charge in [0, 0.05) is 15.4 Å². The Bertz CT molecular complexity index is 443. The predicted molar refractivity (Wildman–Crippen MR) is 64.8 cm³/mol. The van der Waals surface area contributed by atoms with Gasteiger partial charge >= 0.3 is 11.9 Å². The van der Waals surface area contributed by atoms with Crippen molar-refractivity contribution in [3.8, 4) is 0 Å². The molecule has 1 rings (SSSR count). The molecular weight excluding hydrogens is 344 g/mol. The number of carboxylic acid groups (broad SMARTS) is 2. The average Bonchev–Trinajstić information content (AvgIpc) is 2.19. The molecule has 86 valence electrons. The van der Waals surface area contributed by atoms with E-state index in [-0.39, 0.29) is 12.0 Å². The Morgan fingerprint density at radius 1 is 1.12 bits per heavy atom. The van der Waals surface area contributed by atoms with Crippen LogP contribution in [-0.2, 0) is 11.2 Å². The number of hydrogen-bond acceptors (Lipinski definition) is 2. The molecule has 0 aliphatic carbocycles. The van der Waals surface area contributed by atoms with Crippen molar-refractivity contribution >= 4 is 43.8 Å². The highest BCUT2D eigenvalue weighted by Crippen LogP contribution is 2.31. The molecular formula is C10H8Br2O4. The second-order valence-corrected chi connectivity index (χ2v) is 4.69. The van der Waals surface area contributed by atoms with E-state index in [1.807, 2.05) is 0 Å². The van der Waals surface area contributed by atoms with Crippen LogP contribution in [0.15, 0.2) is 21.1 Å². The molecule has 1 aromatic carbocycles. The van der Waals surface area contributed by atoms with Gasteiger partial charge in [0.15, 0.2) is 0 Å². The summed E-state index contributed by atoms with van der Waals surface area (Å²) in [5.41, 5.74) is 0.908. The molecule has 0 heterocycles. The van der Waals surface area contributed by atoms with Crippen LogP contribution in [0, 0.1) is 0 Å². The van der Waals surface area contributed by atoms with E-state index in [9.17, 15) is 9.59 Å². The summed E-state index contributed by atoms with van der Waals surface area (Å²) < 4.78 is 1.02. The van der Waals surface area contributed by atoms with E-state index < -0.39 is 11.9 Å². The number of aryl methyl sites for hydroxylation is 1. The third kappa shape index (κ3) is 3.05. The number of hydrogen-bond donors (Lipinski definition) is 2. The molecule has 0 saturated carbocycles. The first-order valence-electron chi connectivity index (χ1n) is 4.35. The molecule has 0 saturated heterocycles. The lowest BCUT2D eigenvalue weighted by Gasteiger charge is -2.07. The smallest absolute Gasteiger partial charge is 0.336 e. The molecule has 0 fully saturated rings. The van der Waals surface area contributed by atoms with Crippen molar-refractivity contribution < 1.29 is 19.8 Å². The van der Waals surface area contributed by atoms with Crippen LogP contribution < -0.4 is 0 Å². The van der Waals surface area contributed by atoms with E-state index in [2.05, 4.69) is 31.9 Å². The van der Waals surface area contributed by atoms with Crippen molar-refractivity contribution in [1.29, 1.82) is 0 Å². The molecule has 6 heteroatoms. The molecule has 0 aliphatic rings. The number of benzene rings is 1. The van der Waals surface area contributed by atoms with Crippen LogP contribution in [0.25, 0.3) is 0 Å². The van der Waals surface area contributed by atoms with Gasteiger partial charge in [-0.25, -0.2) is 4.79 Å². The van der Waals surface area contributed by atoms with E-state index in [1.54, 1.807) is 6.07 Å². The van der Waals surface area contributed by atoms with Gasteiger partial charge in [0.25, 0.3) is 0 Å². The van der Waals surface area contributed by atoms with Crippen molar-refractivity contribution in [3.63, 3.8) is 0 Å². The Hall–Kier alpha value is -0.880. The fourth-order valence-corrected chi connectivity index (χ4v) is 2.29. The first-order valence-corrected chi connectivity index (χ1v) is 5.94. The van der Waals surface area contributed by atoms with Crippen LogP contribution in [0.4, 0.5) is 0 Å². The Morgan fingerprint density at radius 2 is 1.75 bits per heavy atom. The zero-order valence-corrected chi connectivity index (χ0v) is 11.2. The topological polar surface area (TPSA) is 74.6 Å². The third-order valence-electron chi connectivity index (χ3n) is 2.00. The van der Waals surface area contributed by atoms with Gasteiger partial charge < -0.3 is 10.2 Å². The minimum absolute atomic E-state index is 0.0114. The standard InChI is InChI=1S/C10H8Br2O4/c11-8-5(2-4-7(13)14)1-3-6(9(8)12)10(15)16/h1,3H,2,4H2,(H,13,14)(H,15,16). The van der Waals surface area contributed by atoms with Crippen molar-refractivity contribution in [1.82, 2.24) is 0 Å². The zero-order chi connectivity index (χ0) is 12.3. The summed E-state index contributed by atoms with van der Waals surface area (Å²) in [5, 5.41) is 17.4. The van der Waals surface area contributed by atoms with E-state index in [4.69, 9.17) is 10.2 Å². The summed E-state index contributed by atoms with van der Waals surface area (Å²) in [6.45, 7) is 0. The quantitative estimate of drug-likeness (QED) is 0.874. The largest absolute Gasteiger partial charge is 0.481 e. The van der Waals surface area contributed by atoms with Crippen LogP contribution in [-0.4, -0.2) is 22.2 Å². The van der Waals surface area contributed by atoms with Crippen LogP contribution >= 0.6 is 31.9 Å². The first-order chi connectivity index (χ1) is 7.43. The molecule has 4 nitrogen and oxygen atoms in total. The van der Waals surface area contributed by atoms with Gasteiger partial charge in [-0.15, -0.1) is 0 Å². The molecule has 16 heavy (non-hydrogen) atoms. The molecule has 2 N–H and O–H groups in total. The lowest BCUT2D eigenvalue weighted by molar-refractivity contribution is -0.136. The van der Waals surface area contributed by atoms with Crippen molar-refractivity contribution in [2.24, 2.45) is 0 Å². The molecule has 0 radical (unpaired) electrons. The fraction of sp³-hybridized carbons (Fsp3) is 0.200. The molecule has 0 atom stereocenters. The summed E-state index contributed by atoms with van der Waals surface area (Å²) in [4.78, 5) is 21.2. The molecule has 0 bridgehead atoms. The number of aliphatic carboxylic acids is 1. The highest BCUT2D eigenvalue weighted by atomic mass is 79.9. The number of halogens is 2. The number of rotatable bonds is 4. The van der Waals surface area contributed by atoms with Gasteiger partial charge in [-0.3, -0.25) is 4.79 Å². The second-order valence-electron chi connectivity index (χ2n) is 3.10. The van der Waals surface area contributed by atoms with Crippen LogP contribution in [0.5, 0.6) is 0 Å². The zero-order valence-electron chi connectivity index (χ0n) is 8.04. The van der Waals surface area contributed by atoms with E-state index in [0.717, 1.165) is 5.56 Å². The van der Waals surface area contributed by atoms with Gasteiger partial charge in [-0.05, 0) is 49.9 Å². The van der Waals surface area contributed by atoms with Crippen molar-refractivity contribution in [2.45, 2.75) is 12.8 Å². The van der Waals surface area contributed by atoms with Crippen LogP contribution in [0.1, 0.15) is 22.3 Å². The Kier molecular flexibility index (Phi) is 4.49. The lowest BCUT2D eigenvalue weighted by Crippen LogP contribution is -2.02. The summed E-state index contributed by atoms with van der Waals surface area (Å²) in [5.74, 6) is -1.91. The van der Waals surface area contributed by atoms with Crippen molar-refractivity contribution in [3.05, 3.63) is 32.2 Å². The Morgan fingerprint density at radius 3 is 2.25 bits per heavy atom. The predicted octanol–water partition coefficient (Wildman–Crippen LogP) is 2.93. The van der Waals surface area contributed by atoms with Gasteiger partial charge in [-0.2, -0.15) is 0 Å². The molecule has 1 aromatic rings. The SMILES string of the molecule is O=C(O)CCc1ccc(C(=O)O)c(Br)c1Br. The number of aromatic carboxylic acids is 1. The van der Waals surface area contributed by atoms with Crippen molar-refractivity contribution in [2.75, 3.05) is 0 Å². The monoisotopic (exact) mass is 350 g/mol. The first kappa shape index (κ1) is 13.2. The van der Waals surface area contributed by atoms with Gasteiger partial charge in [0.1, 0.15) is 0 Å². The van der Waals surface area contributed by atoms with Gasteiger partial charge in [0.05, 0.1) is 5.56 Å². The highest BCUT2D eigenvalue weighted by molar-refractivity contribution is 9.13. The molecule has 0 amide bonds. The summed E-state index contributed by atoms with van der Waals surface area (Å²) in [6, 6.07) is 3.07. The number of carbonyl (C=O) groups is 2. The highest BCUT2D eigenvalue weighted by Gasteiger charge is 2.14. The van der Waals surface area contributed by atoms with E-state index >= 15 is 0 Å². The van der Waals surface area contributed by atoms with E-state index in [1.165, 1.54) is 6.07 Å². The molecule has 0 unspecified atom stereocenters. The van der Waals surface area contributed by atoms with Crippen LogP contribution in [0.2, 0.25) is 0 Å². The second kappa shape index (κ2) is 5.45. The van der Waals surface area contributed by atoms with Gasteiger partial charge in [-0.1, -0.05) is 6.07 Å². The number of carboxylic acids is 2. The normalized spacial score (nSPS) is 10.1. The fourth-order valence-electron chi connectivity index (χ4n) is 1.19. The Balaban J connectivity index is 3.02. The maximum atomic E-state index is 10.8. The minimum atomic E-state index is -1.03. The summed E-state index contributed by atoms with van der Waals surface area (Å²) in [7, 11) is 0. The average molecular weight is 352 g/mol. The third-order valence-corrected chi connectivity index (χ3v) is 4.26. The summed E-state index contributed by atoms with van der Waals surface area (Å²) in [6.07, 6.45) is 0.367. The maximum Gasteiger partial charge on any atom is 0.336 e. The molecule has 0 aliphatic heterocycles.